The molecule has 0 amide bonds. The molecule has 0 fully saturated rings. The van der Waals surface area contributed by atoms with Crippen LogP contribution < -0.4 is 18.9 Å². The molecule has 0 unspecified atom stereocenters. The number of halogens is 1. The van der Waals surface area contributed by atoms with E-state index in [1.54, 1.807) is 41.0 Å². The molecule has 9 heteroatoms. The zero-order valence-electron chi connectivity index (χ0n) is 16.8. The highest BCUT2D eigenvalue weighted by Gasteiger charge is 2.18. The highest BCUT2D eigenvalue weighted by Crippen LogP contribution is 2.40. The molecule has 2 aromatic heterocycles. The Kier molecular flexibility index (Phi) is 5.09. The van der Waals surface area contributed by atoms with E-state index >= 15 is 0 Å². The third kappa shape index (κ3) is 3.24. The van der Waals surface area contributed by atoms with Gasteiger partial charge < -0.3 is 18.9 Å². The summed E-state index contributed by atoms with van der Waals surface area (Å²) >= 11 is 0. The molecule has 4 rings (SSSR count). The summed E-state index contributed by atoms with van der Waals surface area (Å²) in [5, 5.41) is 4.58. The van der Waals surface area contributed by atoms with Gasteiger partial charge in [-0.1, -0.05) is 0 Å². The van der Waals surface area contributed by atoms with Gasteiger partial charge in [0.1, 0.15) is 0 Å². The molecule has 0 saturated heterocycles. The van der Waals surface area contributed by atoms with E-state index in [4.69, 9.17) is 18.9 Å². The van der Waals surface area contributed by atoms with Crippen LogP contribution in [0.25, 0.3) is 28.4 Å². The number of hydrogen-bond donors (Lipinski definition) is 0. The minimum atomic E-state index is -0.468. The van der Waals surface area contributed by atoms with Crippen molar-refractivity contribution in [3.8, 4) is 45.6 Å². The first-order valence-corrected chi connectivity index (χ1v) is 8.95. The molecule has 4 aromatic rings. The zero-order valence-corrected chi connectivity index (χ0v) is 16.8. The Bertz CT molecular complexity index is 1200. The van der Waals surface area contributed by atoms with Crippen molar-refractivity contribution >= 4 is 5.78 Å². The van der Waals surface area contributed by atoms with E-state index in [-0.39, 0.29) is 5.75 Å². The molecule has 0 aliphatic rings. The third-order valence-corrected chi connectivity index (χ3v) is 4.61. The molecular formula is C21H19FN4O4. The first-order valence-electron chi connectivity index (χ1n) is 8.95. The number of methoxy groups -OCH3 is 4. The molecule has 0 atom stereocenters. The summed E-state index contributed by atoms with van der Waals surface area (Å²) in [5.74, 6) is 1.91. The summed E-state index contributed by atoms with van der Waals surface area (Å²) in [5.41, 5.74) is 1.90. The predicted molar refractivity (Wildman–Crippen MR) is 108 cm³/mol. The molecule has 2 heterocycles. The summed E-state index contributed by atoms with van der Waals surface area (Å²) in [7, 11) is 6.03. The lowest BCUT2D eigenvalue weighted by molar-refractivity contribution is 0.324. The lowest BCUT2D eigenvalue weighted by Crippen LogP contribution is -1.97. The van der Waals surface area contributed by atoms with Gasteiger partial charge in [0.2, 0.25) is 5.75 Å². The van der Waals surface area contributed by atoms with Gasteiger partial charge >= 0.3 is 0 Å². The molecule has 2 aromatic carbocycles. The lowest BCUT2D eigenvalue weighted by Gasteiger charge is -2.12. The Balaban J connectivity index is 1.86. The number of hydrogen-bond acceptors (Lipinski definition) is 7. The molecule has 154 valence electrons. The second kappa shape index (κ2) is 7.86. The van der Waals surface area contributed by atoms with E-state index < -0.39 is 5.82 Å². The van der Waals surface area contributed by atoms with E-state index in [1.807, 2.05) is 0 Å². The Morgan fingerprint density at radius 1 is 0.800 bits per heavy atom. The molecule has 0 bridgehead atoms. The van der Waals surface area contributed by atoms with Gasteiger partial charge in [0.25, 0.3) is 5.78 Å². The Labute approximate surface area is 171 Å². The van der Waals surface area contributed by atoms with Crippen molar-refractivity contribution in [2.75, 3.05) is 28.4 Å². The maximum absolute atomic E-state index is 14.2. The molecule has 30 heavy (non-hydrogen) atoms. The molecule has 0 aliphatic heterocycles. The number of aromatic nitrogens is 4. The predicted octanol–water partition coefficient (Wildman–Crippen LogP) is 3.63. The number of nitrogens with zero attached hydrogens (tertiary/aromatic N) is 4. The standard InChI is InChI=1S/C21H19FN4O4/c1-27-16-6-5-12(9-14(16)22)15-7-8-23-21-24-20(25-26(15)21)13-10-17(28-2)19(30-4)18(11-13)29-3/h5-11H,1-4H3. The first kappa shape index (κ1) is 19.4. The highest BCUT2D eigenvalue weighted by molar-refractivity contribution is 5.69. The van der Waals surface area contributed by atoms with E-state index in [0.717, 1.165) is 0 Å². The monoisotopic (exact) mass is 410 g/mol. The third-order valence-electron chi connectivity index (χ3n) is 4.61. The van der Waals surface area contributed by atoms with Crippen molar-refractivity contribution in [3.63, 3.8) is 0 Å². The average Bonchev–Trinajstić information content (AvgIpc) is 3.22. The summed E-state index contributed by atoms with van der Waals surface area (Å²) in [6, 6.07) is 9.94. The fourth-order valence-corrected chi connectivity index (χ4v) is 3.17. The Morgan fingerprint density at radius 3 is 2.10 bits per heavy atom. The van der Waals surface area contributed by atoms with Crippen molar-refractivity contribution in [1.29, 1.82) is 0 Å². The molecule has 0 spiro atoms. The van der Waals surface area contributed by atoms with Crippen LogP contribution in [0.5, 0.6) is 23.0 Å². The zero-order chi connectivity index (χ0) is 21.3. The first-order chi connectivity index (χ1) is 14.6. The maximum Gasteiger partial charge on any atom is 0.253 e. The van der Waals surface area contributed by atoms with Crippen LogP contribution in [-0.4, -0.2) is 48.0 Å². The SMILES string of the molecule is COc1ccc(-c2ccnc3nc(-c4cc(OC)c(OC)c(OC)c4)nn23)cc1F. The van der Waals surface area contributed by atoms with Gasteiger partial charge in [-0.05, 0) is 36.4 Å². The minimum absolute atomic E-state index is 0.167. The Morgan fingerprint density at radius 2 is 1.50 bits per heavy atom. The topological polar surface area (TPSA) is 80.0 Å². The van der Waals surface area contributed by atoms with Crippen LogP contribution in [0.1, 0.15) is 0 Å². The molecule has 0 radical (unpaired) electrons. The van der Waals surface area contributed by atoms with Crippen molar-refractivity contribution in [2.45, 2.75) is 0 Å². The summed E-state index contributed by atoms with van der Waals surface area (Å²) in [4.78, 5) is 8.77. The van der Waals surface area contributed by atoms with Gasteiger partial charge in [0.15, 0.2) is 28.9 Å². The smallest absolute Gasteiger partial charge is 0.253 e. The van der Waals surface area contributed by atoms with Crippen LogP contribution in [0.2, 0.25) is 0 Å². The van der Waals surface area contributed by atoms with Gasteiger partial charge in [-0.3, -0.25) is 0 Å². The summed E-state index contributed by atoms with van der Waals surface area (Å²) in [6.45, 7) is 0. The van der Waals surface area contributed by atoms with Crippen LogP contribution in [0.3, 0.4) is 0 Å². The summed E-state index contributed by atoms with van der Waals surface area (Å²) in [6.07, 6.45) is 1.60. The number of fused-ring (bicyclic) bond motifs is 1. The quantitative estimate of drug-likeness (QED) is 0.480. The van der Waals surface area contributed by atoms with Crippen LogP contribution in [-0.2, 0) is 0 Å². The van der Waals surface area contributed by atoms with E-state index in [1.165, 1.54) is 34.5 Å². The molecule has 0 aliphatic carbocycles. The molecule has 0 N–H and O–H groups in total. The van der Waals surface area contributed by atoms with Crippen LogP contribution in [0.15, 0.2) is 42.6 Å². The van der Waals surface area contributed by atoms with Crippen molar-refractivity contribution in [2.24, 2.45) is 0 Å². The maximum atomic E-state index is 14.2. The van der Waals surface area contributed by atoms with Gasteiger partial charge in [-0.15, -0.1) is 5.10 Å². The normalized spacial score (nSPS) is 10.8. The van der Waals surface area contributed by atoms with Crippen molar-refractivity contribution < 1.29 is 23.3 Å². The van der Waals surface area contributed by atoms with Gasteiger partial charge in [0, 0.05) is 17.3 Å². The van der Waals surface area contributed by atoms with E-state index in [2.05, 4.69) is 15.1 Å². The van der Waals surface area contributed by atoms with Gasteiger partial charge in [-0.25, -0.2) is 9.37 Å². The number of ether oxygens (including phenoxy) is 4. The van der Waals surface area contributed by atoms with Gasteiger partial charge in [-0.2, -0.15) is 9.50 Å². The number of rotatable bonds is 6. The molecular weight excluding hydrogens is 391 g/mol. The molecule has 0 saturated carbocycles. The minimum Gasteiger partial charge on any atom is -0.494 e. The fourth-order valence-electron chi connectivity index (χ4n) is 3.17. The van der Waals surface area contributed by atoms with Gasteiger partial charge in [0.05, 0.1) is 34.1 Å². The Hall–Kier alpha value is -3.88. The molecule has 8 nitrogen and oxygen atoms in total. The van der Waals surface area contributed by atoms with E-state index in [9.17, 15) is 4.39 Å². The van der Waals surface area contributed by atoms with Crippen molar-refractivity contribution in [3.05, 3.63) is 48.4 Å². The highest BCUT2D eigenvalue weighted by atomic mass is 19.1. The van der Waals surface area contributed by atoms with Crippen LogP contribution in [0, 0.1) is 5.82 Å². The van der Waals surface area contributed by atoms with Crippen LogP contribution >= 0.6 is 0 Å². The largest absolute Gasteiger partial charge is 0.494 e. The second-order valence-corrected chi connectivity index (χ2v) is 6.24. The lowest BCUT2D eigenvalue weighted by atomic mass is 10.1. The van der Waals surface area contributed by atoms with Crippen molar-refractivity contribution in [1.82, 2.24) is 19.6 Å². The number of benzene rings is 2. The average molecular weight is 410 g/mol. The second-order valence-electron chi connectivity index (χ2n) is 6.24. The fraction of sp³-hybridized carbons (Fsp3) is 0.190. The summed E-state index contributed by atoms with van der Waals surface area (Å²) < 4.78 is 36.9. The van der Waals surface area contributed by atoms with E-state index in [0.29, 0.717) is 45.7 Å². The van der Waals surface area contributed by atoms with Crippen LogP contribution in [0.4, 0.5) is 4.39 Å².